The molecule has 4 aliphatic rings. The van der Waals surface area contributed by atoms with E-state index in [4.69, 9.17) is 23.7 Å². The molecule has 0 bridgehead atoms. The fourth-order valence-corrected chi connectivity index (χ4v) is 4.92. The number of epoxide rings is 2. The molecule has 2 aliphatic carbocycles. The van der Waals surface area contributed by atoms with Gasteiger partial charge in [0, 0.05) is 0 Å². The van der Waals surface area contributed by atoms with Gasteiger partial charge < -0.3 is 23.7 Å². The molecule has 6 heteroatoms. The first-order chi connectivity index (χ1) is 16.5. The van der Waals surface area contributed by atoms with E-state index in [1.807, 2.05) is 13.0 Å². The minimum absolute atomic E-state index is 0.00630. The normalized spacial score (nSPS) is 32.6. The highest BCUT2D eigenvalue weighted by Crippen LogP contribution is 2.35. The van der Waals surface area contributed by atoms with Crippen molar-refractivity contribution in [2.45, 2.75) is 70.2 Å². The molecule has 1 aromatic carbocycles. The first-order valence-corrected chi connectivity index (χ1v) is 12.7. The standard InChI is InChI=1S/C28H36O6/c1-18-13-27(33-17-25-16-32-25)19(2)12-26(18)28(29)34-23-5-3-4-20(8-11-23)21-6-9-22(10-7-21)30-14-24-15-31-24/h6-7,9-10,12-13,18,20,23-26H,3-5,8,11,14-17H2,1-2H3. The molecule has 6 atom stereocenters. The summed E-state index contributed by atoms with van der Waals surface area (Å²) in [6.07, 6.45) is 9.60. The fourth-order valence-electron chi connectivity index (χ4n) is 4.92. The maximum atomic E-state index is 13.0. The number of rotatable bonds is 9. The van der Waals surface area contributed by atoms with Gasteiger partial charge in [-0.15, -0.1) is 0 Å². The van der Waals surface area contributed by atoms with E-state index in [-0.39, 0.29) is 36.1 Å². The first-order valence-electron chi connectivity index (χ1n) is 12.7. The monoisotopic (exact) mass is 468 g/mol. The Balaban J connectivity index is 1.10. The number of benzene rings is 1. The topological polar surface area (TPSA) is 69.8 Å². The molecular weight excluding hydrogens is 432 g/mol. The van der Waals surface area contributed by atoms with Crippen molar-refractivity contribution >= 4 is 5.97 Å². The Kier molecular flexibility index (Phi) is 7.26. The van der Waals surface area contributed by atoms with Gasteiger partial charge in [-0.25, -0.2) is 0 Å². The average Bonchev–Trinajstić information content (AvgIpc) is 3.73. The summed E-state index contributed by atoms with van der Waals surface area (Å²) >= 11 is 0. The molecule has 0 radical (unpaired) electrons. The highest BCUT2D eigenvalue weighted by molar-refractivity contribution is 5.76. The number of ether oxygens (including phenoxy) is 5. The molecule has 1 saturated carbocycles. The van der Waals surface area contributed by atoms with Gasteiger partial charge in [0.15, 0.2) is 0 Å². The van der Waals surface area contributed by atoms with E-state index in [0.717, 1.165) is 62.4 Å². The zero-order chi connectivity index (χ0) is 23.5. The first kappa shape index (κ1) is 23.4. The van der Waals surface area contributed by atoms with Gasteiger partial charge in [0.05, 0.1) is 19.1 Å². The third-order valence-electron chi connectivity index (χ3n) is 7.29. The molecule has 2 aliphatic heterocycles. The summed E-state index contributed by atoms with van der Waals surface area (Å²) in [4.78, 5) is 13.0. The Hall–Kier alpha value is -2.31. The third kappa shape index (κ3) is 6.22. The van der Waals surface area contributed by atoms with Crippen molar-refractivity contribution in [1.29, 1.82) is 0 Å². The van der Waals surface area contributed by atoms with Crippen LogP contribution in [0.4, 0.5) is 0 Å². The highest BCUT2D eigenvalue weighted by atomic mass is 16.6. The predicted octanol–water partition coefficient (Wildman–Crippen LogP) is 4.94. The minimum atomic E-state index is -0.253. The number of esters is 1. The van der Waals surface area contributed by atoms with Crippen molar-refractivity contribution in [3.8, 4) is 5.75 Å². The largest absolute Gasteiger partial charge is 0.491 e. The van der Waals surface area contributed by atoms with Crippen LogP contribution in [0, 0.1) is 11.8 Å². The summed E-state index contributed by atoms with van der Waals surface area (Å²) in [5.74, 6) is 1.94. The molecular formula is C28H36O6. The van der Waals surface area contributed by atoms with Gasteiger partial charge in [-0.1, -0.05) is 25.1 Å². The number of hydrogen-bond acceptors (Lipinski definition) is 6. The Bertz CT molecular complexity index is 911. The van der Waals surface area contributed by atoms with Crippen LogP contribution in [0.25, 0.3) is 0 Å². The lowest BCUT2D eigenvalue weighted by Crippen LogP contribution is -2.28. The van der Waals surface area contributed by atoms with Gasteiger partial charge in [0.1, 0.15) is 43.0 Å². The third-order valence-corrected chi connectivity index (χ3v) is 7.29. The van der Waals surface area contributed by atoms with E-state index in [1.165, 1.54) is 5.56 Å². The van der Waals surface area contributed by atoms with Crippen LogP contribution >= 0.6 is 0 Å². The molecule has 0 amide bonds. The van der Waals surface area contributed by atoms with E-state index in [2.05, 4.69) is 37.3 Å². The van der Waals surface area contributed by atoms with Crippen LogP contribution in [-0.4, -0.2) is 50.7 Å². The lowest BCUT2D eigenvalue weighted by atomic mass is 9.86. The molecule has 2 heterocycles. The summed E-state index contributed by atoms with van der Waals surface area (Å²) in [6.45, 7) is 6.84. The van der Waals surface area contributed by atoms with Crippen LogP contribution in [0.1, 0.15) is 57.4 Å². The molecule has 2 saturated heterocycles. The van der Waals surface area contributed by atoms with Crippen LogP contribution in [0.15, 0.2) is 47.7 Å². The molecule has 0 aromatic heterocycles. The van der Waals surface area contributed by atoms with E-state index in [1.54, 1.807) is 0 Å². The van der Waals surface area contributed by atoms with E-state index >= 15 is 0 Å². The second-order valence-electron chi connectivity index (χ2n) is 10.1. The van der Waals surface area contributed by atoms with Crippen LogP contribution < -0.4 is 4.74 Å². The lowest BCUT2D eigenvalue weighted by molar-refractivity contribution is -0.154. The molecule has 1 aromatic rings. The Morgan fingerprint density at radius 2 is 1.65 bits per heavy atom. The lowest BCUT2D eigenvalue weighted by Gasteiger charge is -2.26. The van der Waals surface area contributed by atoms with E-state index < -0.39 is 0 Å². The quantitative estimate of drug-likeness (QED) is 0.291. The van der Waals surface area contributed by atoms with Crippen LogP contribution in [0.3, 0.4) is 0 Å². The maximum Gasteiger partial charge on any atom is 0.313 e. The minimum Gasteiger partial charge on any atom is -0.491 e. The van der Waals surface area contributed by atoms with Gasteiger partial charge in [-0.05, 0) is 80.2 Å². The van der Waals surface area contributed by atoms with Gasteiger partial charge in [0.25, 0.3) is 0 Å². The summed E-state index contributed by atoms with van der Waals surface area (Å²) in [5, 5.41) is 0. The number of carbonyl (C=O) groups is 1. The average molecular weight is 469 g/mol. The molecule has 3 fully saturated rings. The van der Waals surface area contributed by atoms with E-state index in [0.29, 0.717) is 19.1 Å². The molecule has 6 nitrogen and oxygen atoms in total. The smallest absolute Gasteiger partial charge is 0.313 e. The van der Waals surface area contributed by atoms with Crippen LogP contribution in [0.2, 0.25) is 0 Å². The van der Waals surface area contributed by atoms with Crippen molar-refractivity contribution in [1.82, 2.24) is 0 Å². The van der Waals surface area contributed by atoms with Crippen LogP contribution in [-0.2, 0) is 23.7 Å². The SMILES string of the molecule is CC1=CC(C(=O)OC2CCCC(c3ccc(OCC4CO4)cc3)CC2)C(C)C=C1OCC1CO1. The van der Waals surface area contributed by atoms with Gasteiger partial charge >= 0.3 is 5.97 Å². The molecule has 34 heavy (non-hydrogen) atoms. The number of allylic oxidation sites excluding steroid dienone is 2. The molecule has 0 N–H and O–H groups in total. The van der Waals surface area contributed by atoms with Crippen molar-refractivity contribution in [3.63, 3.8) is 0 Å². The van der Waals surface area contributed by atoms with Crippen molar-refractivity contribution < 1.29 is 28.5 Å². The second-order valence-corrected chi connectivity index (χ2v) is 10.1. The fraction of sp³-hybridized carbons (Fsp3) is 0.607. The Morgan fingerprint density at radius 3 is 2.35 bits per heavy atom. The number of hydrogen-bond donors (Lipinski definition) is 0. The van der Waals surface area contributed by atoms with Gasteiger partial charge in [-0.2, -0.15) is 0 Å². The highest BCUT2D eigenvalue weighted by Gasteiger charge is 2.32. The molecule has 0 spiro atoms. The van der Waals surface area contributed by atoms with Crippen molar-refractivity contribution in [2.75, 3.05) is 26.4 Å². The Morgan fingerprint density at radius 1 is 0.941 bits per heavy atom. The molecule has 6 unspecified atom stereocenters. The summed E-state index contributed by atoms with van der Waals surface area (Å²) < 4.78 is 28.1. The predicted molar refractivity (Wildman–Crippen MR) is 128 cm³/mol. The maximum absolute atomic E-state index is 13.0. The van der Waals surface area contributed by atoms with Crippen LogP contribution in [0.5, 0.6) is 5.75 Å². The van der Waals surface area contributed by atoms with Crippen molar-refractivity contribution in [3.05, 3.63) is 53.3 Å². The molecule has 5 rings (SSSR count). The van der Waals surface area contributed by atoms with Crippen molar-refractivity contribution in [2.24, 2.45) is 11.8 Å². The van der Waals surface area contributed by atoms with Gasteiger partial charge in [-0.3, -0.25) is 4.79 Å². The zero-order valence-electron chi connectivity index (χ0n) is 20.2. The summed E-state index contributed by atoms with van der Waals surface area (Å²) in [7, 11) is 0. The number of carbonyl (C=O) groups excluding carboxylic acids is 1. The second kappa shape index (κ2) is 10.5. The summed E-state index contributed by atoms with van der Waals surface area (Å²) in [6, 6.07) is 8.47. The van der Waals surface area contributed by atoms with E-state index in [9.17, 15) is 4.79 Å². The zero-order valence-corrected chi connectivity index (χ0v) is 20.2. The summed E-state index contributed by atoms with van der Waals surface area (Å²) in [5.41, 5.74) is 2.34. The Labute approximate surface area is 202 Å². The van der Waals surface area contributed by atoms with Gasteiger partial charge in [0.2, 0.25) is 0 Å². The molecule has 184 valence electrons.